The molecule has 0 amide bonds. The Morgan fingerprint density at radius 2 is 1.78 bits per heavy atom. The highest BCUT2D eigenvalue weighted by Crippen LogP contribution is 2.51. The zero-order valence-corrected chi connectivity index (χ0v) is 15.6. The molecule has 0 radical (unpaired) electrons. The summed E-state index contributed by atoms with van der Waals surface area (Å²) in [6, 6.07) is 19.3. The SMILES string of the molecule is CC(NC(=S)NCc1ccccc1)C1(c2ccc(Br)cc2)CC1. The molecule has 0 aliphatic heterocycles. The van der Waals surface area contributed by atoms with Crippen molar-refractivity contribution in [3.8, 4) is 0 Å². The average Bonchev–Trinajstić information content (AvgIpc) is 3.36. The van der Waals surface area contributed by atoms with E-state index in [0.29, 0.717) is 6.04 Å². The van der Waals surface area contributed by atoms with Crippen molar-refractivity contribution in [2.24, 2.45) is 0 Å². The first kappa shape index (κ1) is 16.5. The van der Waals surface area contributed by atoms with Crippen LogP contribution in [0.2, 0.25) is 0 Å². The van der Waals surface area contributed by atoms with Crippen LogP contribution >= 0.6 is 28.1 Å². The smallest absolute Gasteiger partial charge is 0.166 e. The Bertz CT molecular complexity index is 666. The molecule has 0 spiro atoms. The summed E-state index contributed by atoms with van der Waals surface area (Å²) in [7, 11) is 0. The van der Waals surface area contributed by atoms with E-state index in [4.69, 9.17) is 12.2 Å². The molecule has 2 N–H and O–H groups in total. The quantitative estimate of drug-likeness (QED) is 0.735. The first-order valence-corrected chi connectivity index (χ1v) is 9.15. The van der Waals surface area contributed by atoms with Crippen LogP contribution in [-0.4, -0.2) is 11.2 Å². The van der Waals surface area contributed by atoms with Crippen LogP contribution in [0.5, 0.6) is 0 Å². The van der Waals surface area contributed by atoms with E-state index in [-0.39, 0.29) is 5.41 Å². The molecule has 1 saturated carbocycles. The zero-order valence-electron chi connectivity index (χ0n) is 13.2. The number of halogens is 1. The van der Waals surface area contributed by atoms with E-state index in [1.54, 1.807) is 0 Å². The molecule has 2 nitrogen and oxygen atoms in total. The Balaban J connectivity index is 1.57. The fourth-order valence-electron chi connectivity index (χ4n) is 3.05. The van der Waals surface area contributed by atoms with Crippen LogP contribution in [0.1, 0.15) is 30.9 Å². The first-order chi connectivity index (χ1) is 11.1. The highest BCUT2D eigenvalue weighted by Gasteiger charge is 2.48. The van der Waals surface area contributed by atoms with Crippen LogP contribution in [0.15, 0.2) is 59.1 Å². The summed E-state index contributed by atoms with van der Waals surface area (Å²) in [5.74, 6) is 0. The van der Waals surface area contributed by atoms with Crippen LogP contribution in [-0.2, 0) is 12.0 Å². The molecular weight excluding hydrogens is 368 g/mol. The Labute approximate surface area is 151 Å². The van der Waals surface area contributed by atoms with Crippen molar-refractivity contribution < 1.29 is 0 Å². The van der Waals surface area contributed by atoms with Gasteiger partial charge in [0.1, 0.15) is 0 Å². The van der Waals surface area contributed by atoms with Crippen LogP contribution in [0.3, 0.4) is 0 Å². The summed E-state index contributed by atoms with van der Waals surface area (Å²) in [6.45, 7) is 2.98. The highest BCUT2D eigenvalue weighted by atomic mass is 79.9. The second kappa shape index (κ2) is 7.02. The number of hydrogen-bond donors (Lipinski definition) is 2. The van der Waals surface area contributed by atoms with E-state index < -0.39 is 0 Å². The van der Waals surface area contributed by atoms with E-state index in [2.05, 4.69) is 69.9 Å². The normalized spacial score (nSPS) is 16.4. The molecule has 0 heterocycles. The fourth-order valence-corrected chi connectivity index (χ4v) is 3.57. The van der Waals surface area contributed by atoms with Gasteiger partial charge in [0.05, 0.1) is 0 Å². The predicted molar refractivity (Wildman–Crippen MR) is 104 cm³/mol. The Morgan fingerprint density at radius 3 is 2.39 bits per heavy atom. The van der Waals surface area contributed by atoms with Crippen molar-refractivity contribution in [2.45, 2.75) is 37.8 Å². The molecule has 0 aromatic heterocycles. The van der Waals surface area contributed by atoms with E-state index in [0.717, 1.165) is 16.1 Å². The minimum atomic E-state index is 0.221. The maximum atomic E-state index is 5.47. The van der Waals surface area contributed by atoms with E-state index in [1.165, 1.54) is 24.0 Å². The predicted octanol–water partition coefficient (Wildman–Crippen LogP) is 4.53. The van der Waals surface area contributed by atoms with Gasteiger partial charge in [-0.05, 0) is 55.2 Å². The molecule has 2 aromatic carbocycles. The number of rotatable bonds is 5. The van der Waals surface area contributed by atoms with Crippen LogP contribution < -0.4 is 10.6 Å². The molecule has 3 rings (SSSR count). The van der Waals surface area contributed by atoms with Gasteiger partial charge in [-0.3, -0.25) is 0 Å². The van der Waals surface area contributed by atoms with Gasteiger partial charge in [0.2, 0.25) is 0 Å². The van der Waals surface area contributed by atoms with Crippen LogP contribution in [0, 0.1) is 0 Å². The largest absolute Gasteiger partial charge is 0.359 e. The summed E-state index contributed by atoms with van der Waals surface area (Å²) >= 11 is 8.97. The van der Waals surface area contributed by atoms with Crippen molar-refractivity contribution in [2.75, 3.05) is 0 Å². The summed E-state index contributed by atoms with van der Waals surface area (Å²) in [6.07, 6.45) is 2.42. The second-order valence-electron chi connectivity index (χ2n) is 6.20. The van der Waals surface area contributed by atoms with Gasteiger partial charge in [-0.15, -0.1) is 0 Å². The lowest BCUT2D eigenvalue weighted by atomic mass is 9.89. The average molecular weight is 389 g/mol. The van der Waals surface area contributed by atoms with Crippen molar-refractivity contribution in [1.82, 2.24) is 10.6 Å². The second-order valence-corrected chi connectivity index (χ2v) is 7.52. The summed E-state index contributed by atoms with van der Waals surface area (Å²) in [4.78, 5) is 0. The molecule has 2 aromatic rings. The van der Waals surface area contributed by atoms with Crippen molar-refractivity contribution in [1.29, 1.82) is 0 Å². The summed E-state index contributed by atoms with van der Waals surface area (Å²) in [5.41, 5.74) is 2.85. The Kier molecular flexibility index (Phi) is 5.02. The first-order valence-electron chi connectivity index (χ1n) is 7.94. The van der Waals surface area contributed by atoms with Gasteiger partial charge in [0.25, 0.3) is 0 Å². The van der Waals surface area contributed by atoms with Gasteiger partial charge in [-0.1, -0.05) is 58.4 Å². The molecule has 1 aliphatic carbocycles. The highest BCUT2D eigenvalue weighted by molar-refractivity contribution is 9.10. The molecule has 1 unspecified atom stereocenters. The maximum absolute atomic E-state index is 5.47. The minimum Gasteiger partial charge on any atom is -0.359 e. The molecule has 120 valence electrons. The molecule has 0 saturated heterocycles. The van der Waals surface area contributed by atoms with Crippen LogP contribution in [0.25, 0.3) is 0 Å². The molecule has 1 fully saturated rings. The third-order valence-corrected chi connectivity index (χ3v) is 5.47. The fraction of sp³-hybridized carbons (Fsp3) is 0.316. The third-order valence-electron chi connectivity index (χ3n) is 4.68. The van der Waals surface area contributed by atoms with Crippen molar-refractivity contribution >= 4 is 33.3 Å². The standard InChI is InChI=1S/C19H21BrN2S/c1-14(19(11-12-19)16-7-9-17(20)10-8-16)22-18(23)21-13-15-5-3-2-4-6-15/h2-10,14H,11-13H2,1H3,(H2,21,22,23). The molecule has 23 heavy (non-hydrogen) atoms. The Morgan fingerprint density at radius 1 is 1.13 bits per heavy atom. The van der Waals surface area contributed by atoms with Gasteiger partial charge in [0, 0.05) is 22.5 Å². The minimum absolute atomic E-state index is 0.221. The number of nitrogens with one attached hydrogen (secondary N) is 2. The Hall–Kier alpha value is -1.39. The third kappa shape index (κ3) is 3.93. The van der Waals surface area contributed by atoms with E-state index in [1.807, 2.05) is 18.2 Å². The zero-order chi connectivity index (χ0) is 16.3. The lowest BCUT2D eigenvalue weighted by Crippen LogP contribution is -2.45. The van der Waals surface area contributed by atoms with Gasteiger partial charge < -0.3 is 10.6 Å². The molecule has 0 bridgehead atoms. The number of benzene rings is 2. The molecule has 1 atom stereocenters. The van der Waals surface area contributed by atoms with Crippen molar-refractivity contribution in [3.05, 3.63) is 70.2 Å². The maximum Gasteiger partial charge on any atom is 0.166 e. The number of thiocarbonyl (C=S) groups is 1. The molecule has 1 aliphatic rings. The lowest BCUT2D eigenvalue weighted by molar-refractivity contribution is 0.507. The van der Waals surface area contributed by atoms with Crippen LogP contribution in [0.4, 0.5) is 0 Å². The van der Waals surface area contributed by atoms with Gasteiger partial charge in [0.15, 0.2) is 5.11 Å². The van der Waals surface area contributed by atoms with Gasteiger partial charge in [-0.2, -0.15) is 0 Å². The van der Waals surface area contributed by atoms with E-state index in [9.17, 15) is 0 Å². The van der Waals surface area contributed by atoms with Gasteiger partial charge >= 0.3 is 0 Å². The monoisotopic (exact) mass is 388 g/mol. The lowest BCUT2D eigenvalue weighted by Gasteiger charge is -2.26. The van der Waals surface area contributed by atoms with E-state index >= 15 is 0 Å². The topological polar surface area (TPSA) is 24.1 Å². The summed E-state index contributed by atoms with van der Waals surface area (Å²) in [5, 5.41) is 7.50. The molecule has 4 heteroatoms. The molecular formula is C19H21BrN2S. The number of hydrogen-bond acceptors (Lipinski definition) is 1. The van der Waals surface area contributed by atoms with Crippen molar-refractivity contribution in [3.63, 3.8) is 0 Å². The van der Waals surface area contributed by atoms with Gasteiger partial charge in [-0.25, -0.2) is 0 Å². The summed E-state index contributed by atoms with van der Waals surface area (Å²) < 4.78 is 1.12.